The molecule has 0 N–H and O–H groups in total. The lowest BCUT2D eigenvalue weighted by Crippen LogP contribution is -2.44. The minimum Gasteiger partial charge on any atom is -0.291 e. The van der Waals surface area contributed by atoms with Crippen molar-refractivity contribution in [1.29, 1.82) is 0 Å². The molecule has 0 bridgehead atoms. The Balaban J connectivity index is 2.28. The van der Waals surface area contributed by atoms with Gasteiger partial charge in [-0.2, -0.15) is 0 Å². The Morgan fingerprint density at radius 1 is 0.710 bits per heavy atom. The van der Waals surface area contributed by atoms with E-state index in [0.29, 0.717) is 6.17 Å². The molecule has 0 spiro atoms. The summed E-state index contributed by atoms with van der Waals surface area (Å²) in [6.45, 7) is 17.0. The molecule has 182 valence electrons. The molecule has 1 heterocycles. The van der Waals surface area contributed by atoms with Crippen LogP contribution in [0.15, 0.2) is 24.3 Å². The molecule has 0 aromatic heterocycles. The third-order valence-electron chi connectivity index (χ3n) is 7.18. The summed E-state index contributed by atoms with van der Waals surface area (Å²) in [4.78, 5) is 5.30. The number of likely N-dealkylation sites (tertiary alicyclic amines) is 1. The van der Waals surface area contributed by atoms with Gasteiger partial charge in [0.2, 0.25) is 0 Å². The van der Waals surface area contributed by atoms with Crippen molar-refractivity contribution in [2.24, 2.45) is 0 Å². The SMILES string of the molecule is C=C(CCCCCCC)CCN(CCC(=C)CCCCCCCCC)C1CCCN1C. The van der Waals surface area contributed by atoms with Crippen molar-refractivity contribution in [2.45, 2.75) is 136 Å². The van der Waals surface area contributed by atoms with Crippen LogP contribution in [0.3, 0.4) is 0 Å². The second-order valence-corrected chi connectivity index (χ2v) is 10.2. The van der Waals surface area contributed by atoms with Crippen LogP contribution in [0.4, 0.5) is 0 Å². The van der Waals surface area contributed by atoms with E-state index in [-0.39, 0.29) is 0 Å². The van der Waals surface area contributed by atoms with E-state index in [1.807, 2.05) is 0 Å². The Hall–Kier alpha value is -0.600. The van der Waals surface area contributed by atoms with Crippen molar-refractivity contribution in [2.75, 3.05) is 26.7 Å². The van der Waals surface area contributed by atoms with Crippen LogP contribution in [0.5, 0.6) is 0 Å². The predicted octanol–water partition coefficient (Wildman–Crippen LogP) is 8.73. The van der Waals surface area contributed by atoms with E-state index in [4.69, 9.17) is 0 Å². The van der Waals surface area contributed by atoms with E-state index in [1.54, 1.807) is 0 Å². The highest BCUT2D eigenvalue weighted by Gasteiger charge is 2.26. The molecule has 1 unspecified atom stereocenters. The standard InChI is InChI=1S/C29H56N2/c1-6-8-10-12-13-15-17-20-28(4)23-26-31(29-21-18-24-30(29)5)25-22-27(3)19-16-14-11-9-7-2/h29H,3-4,6-26H2,1-2,5H3. The Bertz CT molecular complexity index is 456. The van der Waals surface area contributed by atoms with E-state index in [9.17, 15) is 0 Å². The van der Waals surface area contributed by atoms with Gasteiger partial charge in [0, 0.05) is 13.1 Å². The summed E-state index contributed by atoms with van der Waals surface area (Å²) >= 11 is 0. The van der Waals surface area contributed by atoms with Crippen molar-refractivity contribution < 1.29 is 0 Å². The largest absolute Gasteiger partial charge is 0.291 e. The molecule has 2 nitrogen and oxygen atoms in total. The molecule has 1 aliphatic rings. The first-order chi connectivity index (χ1) is 15.1. The molecule has 0 saturated carbocycles. The second-order valence-electron chi connectivity index (χ2n) is 10.2. The van der Waals surface area contributed by atoms with E-state index >= 15 is 0 Å². The summed E-state index contributed by atoms with van der Waals surface area (Å²) < 4.78 is 0. The fourth-order valence-corrected chi connectivity index (χ4v) is 4.93. The molecule has 31 heavy (non-hydrogen) atoms. The van der Waals surface area contributed by atoms with Gasteiger partial charge < -0.3 is 0 Å². The van der Waals surface area contributed by atoms with Gasteiger partial charge in [0.25, 0.3) is 0 Å². The zero-order valence-corrected chi connectivity index (χ0v) is 21.7. The maximum Gasteiger partial charge on any atom is 0.0620 e. The van der Waals surface area contributed by atoms with Gasteiger partial charge >= 0.3 is 0 Å². The predicted molar refractivity (Wildman–Crippen MR) is 141 cm³/mol. The summed E-state index contributed by atoms with van der Waals surface area (Å²) in [7, 11) is 2.31. The van der Waals surface area contributed by atoms with Crippen LogP contribution in [0.2, 0.25) is 0 Å². The van der Waals surface area contributed by atoms with Crippen LogP contribution >= 0.6 is 0 Å². The molecule has 1 aliphatic heterocycles. The van der Waals surface area contributed by atoms with Crippen molar-refractivity contribution >= 4 is 0 Å². The van der Waals surface area contributed by atoms with Crippen molar-refractivity contribution in [3.63, 3.8) is 0 Å². The van der Waals surface area contributed by atoms with E-state index < -0.39 is 0 Å². The van der Waals surface area contributed by atoms with Gasteiger partial charge in [-0.1, -0.05) is 102 Å². The van der Waals surface area contributed by atoms with Gasteiger partial charge in [-0.05, 0) is 65.0 Å². The highest BCUT2D eigenvalue weighted by Crippen LogP contribution is 2.23. The number of nitrogens with zero attached hydrogens (tertiary/aromatic N) is 2. The normalized spacial score (nSPS) is 17.0. The summed E-state index contributed by atoms with van der Waals surface area (Å²) in [5.41, 5.74) is 2.93. The van der Waals surface area contributed by atoms with Gasteiger partial charge in [0.1, 0.15) is 0 Å². The zero-order valence-electron chi connectivity index (χ0n) is 21.7. The summed E-state index contributed by atoms with van der Waals surface area (Å²) in [5, 5.41) is 0. The number of hydrogen-bond donors (Lipinski definition) is 0. The van der Waals surface area contributed by atoms with Gasteiger partial charge in [-0.3, -0.25) is 9.80 Å². The molecular formula is C29H56N2. The Kier molecular flexibility index (Phi) is 17.4. The van der Waals surface area contributed by atoms with Crippen molar-refractivity contribution in [1.82, 2.24) is 9.80 Å². The fourth-order valence-electron chi connectivity index (χ4n) is 4.93. The number of rotatable bonds is 21. The third-order valence-corrected chi connectivity index (χ3v) is 7.18. The van der Waals surface area contributed by atoms with Gasteiger partial charge in [0.05, 0.1) is 6.17 Å². The Morgan fingerprint density at radius 3 is 1.58 bits per heavy atom. The quantitative estimate of drug-likeness (QED) is 0.132. The fraction of sp³-hybridized carbons (Fsp3) is 0.862. The van der Waals surface area contributed by atoms with Crippen LogP contribution in [-0.4, -0.2) is 42.6 Å². The topological polar surface area (TPSA) is 6.48 Å². The molecule has 1 fully saturated rings. The second kappa shape index (κ2) is 18.9. The highest BCUT2D eigenvalue weighted by atomic mass is 15.4. The third kappa shape index (κ3) is 14.2. The lowest BCUT2D eigenvalue weighted by atomic mass is 10.0. The Labute approximate surface area is 196 Å². The molecule has 0 aliphatic carbocycles. The van der Waals surface area contributed by atoms with Crippen LogP contribution in [0.25, 0.3) is 0 Å². The molecule has 1 atom stereocenters. The minimum absolute atomic E-state index is 0.628. The zero-order chi connectivity index (χ0) is 22.7. The molecule has 0 radical (unpaired) electrons. The van der Waals surface area contributed by atoms with E-state index in [1.165, 1.54) is 146 Å². The first-order valence-corrected chi connectivity index (χ1v) is 13.9. The average molecular weight is 433 g/mol. The Morgan fingerprint density at radius 2 is 1.16 bits per heavy atom. The molecule has 0 aromatic carbocycles. The molecule has 0 aromatic rings. The molecule has 2 heteroatoms. The van der Waals surface area contributed by atoms with Crippen LogP contribution in [0, 0.1) is 0 Å². The summed E-state index contributed by atoms with van der Waals surface area (Å²) in [6.07, 6.45) is 24.6. The number of unbranched alkanes of at least 4 members (excludes halogenated alkanes) is 10. The molecular weight excluding hydrogens is 376 g/mol. The van der Waals surface area contributed by atoms with Crippen LogP contribution in [0.1, 0.15) is 129 Å². The molecule has 0 amide bonds. The van der Waals surface area contributed by atoms with Gasteiger partial charge in [-0.25, -0.2) is 0 Å². The first kappa shape index (κ1) is 28.4. The lowest BCUT2D eigenvalue weighted by molar-refractivity contribution is 0.0950. The van der Waals surface area contributed by atoms with E-state index in [0.717, 1.165) is 0 Å². The van der Waals surface area contributed by atoms with Crippen LogP contribution in [-0.2, 0) is 0 Å². The maximum absolute atomic E-state index is 4.42. The van der Waals surface area contributed by atoms with Crippen molar-refractivity contribution in [3.05, 3.63) is 24.3 Å². The first-order valence-electron chi connectivity index (χ1n) is 13.9. The summed E-state index contributed by atoms with van der Waals surface area (Å²) in [6, 6.07) is 0. The lowest BCUT2D eigenvalue weighted by Gasteiger charge is -2.34. The maximum atomic E-state index is 4.42. The minimum atomic E-state index is 0.628. The van der Waals surface area contributed by atoms with Gasteiger partial charge in [-0.15, -0.1) is 0 Å². The van der Waals surface area contributed by atoms with Crippen molar-refractivity contribution in [3.8, 4) is 0 Å². The highest BCUT2D eigenvalue weighted by molar-refractivity contribution is 4.98. The average Bonchev–Trinajstić information content (AvgIpc) is 3.18. The van der Waals surface area contributed by atoms with Gasteiger partial charge in [0.15, 0.2) is 0 Å². The smallest absolute Gasteiger partial charge is 0.0620 e. The monoisotopic (exact) mass is 432 g/mol. The molecule has 1 rings (SSSR count). The summed E-state index contributed by atoms with van der Waals surface area (Å²) in [5.74, 6) is 0. The van der Waals surface area contributed by atoms with Crippen LogP contribution < -0.4 is 0 Å². The van der Waals surface area contributed by atoms with E-state index in [2.05, 4.69) is 43.9 Å². The number of hydrogen-bond acceptors (Lipinski definition) is 2. The molecule has 1 saturated heterocycles.